The first kappa shape index (κ1) is 10.6. The fourth-order valence-electron chi connectivity index (χ4n) is 1.42. The summed E-state index contributed by atoms with van der Waals surface area (Å²) in [6.07, 6.45) is 1.75. The molecule has 6 heteroatoms. The summed E-state index contributed by atoms with van der Waals surface area (Å²) in [6, 6.07) is 3.35. The molecule has 0 unspecified atom stereocenters. The first-order valence-electron chi connectivity index (χ1n) is 4.93. The molecule has 2 rings (SSSR count). The van der Waals surface area contributed by atoms with Gasteiger partial charge in [0, 0.05) is 18.3 Å². The molecule has 2 aromatic rings. The Morgan fingerprint density at radius 3 is 3.12 bits per heavy atom. The molecule has 0 saturated heterocycles. The predicted molar refractivity (Wildman–Crippen MR) is 57.1 cm³/mol. The Bertz CT molecular complexity index is 521. The van der Waals surface area contributed by atoms with Crippen molar-refractivity contribution in [3.63, 3.8) is 0 Å². The van der Waals surface area contributed by atoms with Crippen LogP contribution < -0.4 is 5.32 Å². The number of carbonyl (C=O) groups excluding carboxylic acids is 1. The van der Waals surface area contributed by atoms with Crippen LogP contribution in [0.1, 0.15) is 16.2 Å². The first-order valence-corrected chi connectivity index (χ1v) is 4.93. The van der Waals surface area contributed by atoms with Gasteiger partial charge in [0.1, 0.15) is 5.82 Å². The SMILES string of the molecule is Cc1nnc2cc(C(=O)NCCO)ccn12. The Morgan fingerprint density at radius 1 is 1.56 bits per heavy atom. The molecule has 0 aliphatic rings. The van der Waals surface area contributed by atoms with Gasteiger partial charge in [0.15, 0.2) is 5.65 Å². The summed E-state index contributed by atoms with van der Waals surface area (Å²) in [7, 11) is 0. The largest absolute Gasteiger partial charge is 0.395 e. The molecular weight excluding hydrogens is 208 g/mol. The molecule has 0 saturated carbocycles. The normalized spacial score (nSPS) is 10.6. The van der Waals surface area contributed by atoms with Crippen LogP contribution in [0.25, 0.3) is 5.65 Å². The Kier molecular flexibility index (Phi) is 2.82. The lowest BCUT2D eigenvalue weighted by molar-refractivity contribution is 0.0944. The smallest absolute Gasteiger partial charge is 0.251 e. The first-order chi connectivity index (χ1) is 7.72. The lowest BCUT2D eigenvalue weighted by Crippen LogP contribution is -2.26. The topological polar surface area (TPSA) is 79.5 Å². The molecule has 0 aliphatic heterocycles. The minimum atomic E-state index is -0.225. The monoisotopic (exact) mass is 220 g/mol. The summed E-state index contributed by atoms with van der Waals surface area (Å²) in [4.78, 5) is 11.6. The van der Waals surface area contributed by atoms with E-state index in [2.05, 4.69) is 15.5 Å². The van der Waals surface area contributed by atoms with Crippen molar-refractivity contribution in [1.82, 2.24) is 19.9 Å². The van der Waals surface area contributed by atoms with Gasteiger partial charge in [0.2, 0.25) is 0 Å². The van der Waals surface area contributed by atoms with E-state index >= 15 is 0 Å². The van der Waals surface area contributed by atoms with E-state index in [4.69, 9.17) is 5.11 Å². The number of aryl methyl sites for hydroxylation is 1. The second-order valence-corrected chi connectivity index (χ2v) is 3.37. The van der Waals surface area contributed by atoms with Gasteiger partial charge in [-0.05, 0) is 19.1 Å². The third kappa shape index (κ3) is 1.87. The fraction of sp³-hybridized carbons (Fsp3) is 0.300. The number of nitrogens with one attached hydrogen (secondary N) is 1. The maximum atomic E-state index is 11.6. The van der Waals surface area contributed by atoms with Crippen LogP contribution in [0, 0.1) is 6.92 Å². The number of amides is 1. The molecule has 0 aromatic carbocycles. The number of hydrogen-bond donors (Lipinski definition) is 2. The van der Waals surface area contributed by atoms with Crippen LogP contribution >= 0.6 is 0 Å². The van der Waals surface area contributed by atoms with Crippen LogP contribution in [0.15, 0.2) is 18.3 Å². The number of fused-ring (bicyclic) bond motifs is 1. The molecule has 2 heterocycles. The van der Waals surface area contributed by atoms with Crippen molar-refractivity contribution in [2.24, 2.45) is 0 Å². The van der Waals surface area contributed by atoms with Crippen LogP contribution in [0.2, 0.25) is 0 Å². The number of nitrogens with zero attached hydrogens (tertiary/aromatic N) is 3. The molecule has 6 nitrogen and oxygen atoms in total. The van der Waals surface area contributed by atoms with Gasteiger partial charge in [0.05, 0.1) is 6.61 Å². The Balaban J connectivity index is 2.29. The highest BCUT2D eigenvalue weighted by Gasteiger charge is 2.07. The van der Waals surface area contributed by atoms with Crippen molar-refractivity contribution in [3.8, 4) is 0 Å². The van der Waals surface area contributed by atoms with E-state index < -0.39 is 0 Å². The van der Waals surface area contributed by atoms with Gasteiger partial charge in [-0.25, -0.2) is 0 Å². The zero-order chi connectivity index (χ0) is 11.5. The molecule has 0 atom stereocenters. The number of hydrogen-bond acceptors (Lipinski definition) is 4. The summed E-state index contributed by atoms with van der Waals surface area (Å²) in [6.45, 7) is 2.01. The van der Waals surface area contributed by atoms with Crippen molar-refractivity contribution in [2.75, 3.05) is 13.2 Å². The van der Waals surface area contributed by atoms with E-state index in [-0.39, 0.29) is 19.1 Å². The van der Waals surface area contributed by atoms with Crippen molar-refractivity contribution >= 4 is 11.6 Å². The van der Waals surface area contributed by atoms with Gasteiger partial charge < -0.3 is 10.4 Å². The third-order valence-electron chi connectivity index (χ3n) is 2.24. The molecule has 16 heavy (non-hydrogen) atoms. The molecule has 0 bridgehead atoms. The van der Waals surface area contributed by atoms with E-state index in [1.54, 1.807) is 22.7 Å². The number of carbonyl (C=O) groups is 1. The van der Waals surface area contributed by atoms with Crippen molar-refractivity contribution < 1.29 is 9.90 Å². The number of rotatable bonds is 3. The van der Waals surface area contributed by atoms with Gasteiger partial charge in [-0.15, -0.1) is 10.2 Å². The molecule has 2 aromatic heterocycles. The molecule has 1 amide bonds. The summed E-state index contributed by atoms with van der Waals surface area (Å²) >= 11 is 0. The zero-order valence-corrected chi connectivity index (χ0v) is 8.84. The molecule has 0 fully saturated rings. The van der Waals surface area contributed by atoms with Crippen molar-refractivity contribution in [2.45, 2.75) is 6.92 Å². The third-order valence-corrected chi connectivity index (χ3v) is 2.24. The van der Waals surface area contributed by atoms with Crippen molar-refractivity contribution in [3.05, 3.63) is 29.7 Å². The van der Waals surface area contributed by atoms with Crippen LogP contribution in [0.4, 0.5) is 0 Å². The summed E-state index contributed by atoms with van der Waals surface area (Å²) in [5.74, 6) is 0.550. The van der Waals surface area contributed by atoms with E-state index in [1.165, 1.54) is 0 Å². The lowest BCUT2D eigenvalue weighted by Gasteiger charge is -2.03. The number of aliphatic hydroxyl groups excluding tert-OH is 1. The Morgan fingerprint density at radius 2 is 2.38 bits per heavy atom. The van der Waals surface area contributed by atoms with Gasteiger partial charge in [-0.1, -0.05) is 0 Å². The molecule has 2 N–H and O–H groups in total. The predicted octanol–water partition coefficient (Wildman–Crippen LogP) is -0.240. The minimum absolute atomic E-state index is 0.0714. The molecular formula is C10H12N4O2. The minimum Gasteiger partial charge on any atom is -0.395 e. The van der Waals surface area contributed by atoms with Crippen molar-refractivity contribution in [1.29, 1.82) is 0 Å². The maximum absolute atomic E-state index is 11.6. The number of aromatic nitrogens is 3. The van der Waals surface area contributed by atoms with Crippen LogP contribution in [-0.4, -0.2) is 38.8 Å². The van der Waals surface area contributed by atoms with E-state index in [0.717, 1.165) is 5.82 Å². The van der Waals surface area contributed by atoms with Gasteiger partial charge in [0.25, 0.3) is 5.91 Å². The average Bonchev–Trinajstić information content (AvgIpc) is 2.67. The van der Waals surface area contributed by atoms with E-state index in [0.29, 0.717) is 11.2 Å². The number of pyridine rings is 1. The quantitative estimate of drug-likeness (QED) is 0.748. The van der Waals surface area contributed by atoms with E-state index in [1.807, 2.05) is 6.92 Å². The van der Waals surface area contributed by atoms with Crippen LogP contribution in [0.5, 0.6) is 0 Å². The maximum Gasteiger partial charge on any atom is 0.251 e. The molecule has 0 spiro atoms. The highest BCUT2D eigenvalue weighted by molar-refractivity contribution is 5.94. The second kappa shape index (κ2) is 4.28. The van der Waals surface area contributed by atoms with Gasteiger partial charge in [-0.2, -0.15) is 0 Å². The Hall–Kier alpha value is -1.95. The van der Waals surface area contributed by atoms with Crippen LogP contribution in [-0.2, 0) is 0 Å². The van der Waals surface area contributed by atoms with Crippen LogP contribution in [0.3, 0.4) is 0 Å². The van der Waals surface area contributed by atoms with E-state index in [9.17, 15) is 4.79 Å². The molecule has 84 valence electrons. The average molecular weight is 220 g/mol. The van der Waals surface area contributed by atoms with Gasteiger partial charge in [-0.3, -0.25) is 9.20 Å². The fourth-order valence-corrected chi connectivity index (χ4v) is 1.42. The summed E-state index contributed by atoms with van der Waals surface area (Å²) in [5, 5.41) is 19.0. The highest BCUT2D eigenvalue weighted by atomic mass is 16.3. The molecule has 0 aliphatic carbocycles. The molecule has 0 radical (unpaired) electrons. The Labute approximate surface area is 91.9 Å². The van der Waals surface area contributed by atoms with Gasteiger partial charge >= 0.3 is 0 Å². The zero-order valence-electron chi connectivity index (χ0n) is 8.84. The summed E-state index contributed by atoms with van der Waals surface area (Å²) < 4.78 is 1.79. The standard InChI is InChI=1S/C10H12N4O2/c1-7-12-13-9-6-8(2-4-14(7)9)10(16)11-3-5-15/h2,4,6,15H,3,5H2,1H3,(H,11,16). The summed E-state index contributed by atoms with van der Waals surface area (Å²) in [5.41, 5.74) is 1.14. The lowest BCUT2D eigenvalue weighted by atomic mass is 10.2. The number of aliphatic hydroxyl groups is 1. The second-order valence-electron chi connectivity index (χ2n) is 3.37. The highest BCUT2D eigenvalue weighted by Crippen LogP contribution is 2.06.